The lowest BCUT2D eigenvalue weighted by Gasteiger charge is -2.49. The molecule has 3 amide bonds. The molecule has 15 nitrogen and oxygen atoms in total. The molecule has 1 saturated heterocycles. The van der Waals surface area contributed by atoms with E-state index in [1.165, 1.54) is 23.1 Å². The zero-order valence-electron chi connectivity index (χ0n) is 20.4. The summed E-state index contributed by atoms with van der Waals surface area (Å²) in [6, 6.07) is -1.06. The summed E-state index contributed by atoms with van der Waals surface area (Å²) in [7, 11) is 0. The number of nitrogen functional groups attached to an aromatic ring is 1. The average molecular weight is 611 g/mol. The first kappa shape index (κ1) is 27.5. The fourth-order valence-corrected chi connectivity index (χ4v) is 6.91. The van der Waals surface area contributed by atoms with Crippen molar-refractivity contribution < 1.29 is 38.1 Å². The van der Waals surface area contributed by atoms with Crippen LogP contribution in [0.15, 0.2) is 34.3 Å². The number of hydrogen-bond donors (Lipinski definition) is 4. The first-order valence-corrected chi connectivity index (χ1v) is 14.2. The number of nitrogens with zero attached hydrogens (tertiary/aromatic N) is 6. The first-order valence-electron chi connectivity index (χ1n) is 11.5. The van der Waals surface area contributed by atoms with Crippen LogP contribution < -0.4 is 21.4 Å². The Morgan fingerprint density at radius 2 is 2.17 bits per heavy atom. The third-order valence-electron chi connectivity index (χ3n) is 5.86. The monoisotopic (exact) mass is 610 g/mol. The minimum Gasteiger partial charge on any atom is -0.477 e. The summed E-state index contributed by atoms with van der Waals surface area (Å²) in [5, 5.41) is 17.3. The van der Waals surface area contributed by atoms with Crippen molar-refractivity contribution in [3.63, 3.8) is 0 Å². The number of primary amides is 1. The summed E-state index contributed by atoms with van der Waals surface area (Å²) in [5.74, 6) is -3.12. The highest BCUT2D eigenvalue weighted by molar-refractivity contribution is 8.00. The predicted molar refractivity (Wildman–Crippen MR) is 141 cm³/mol. The number of amides is 3. The van der Waals surface area contributed by atoms with E-state index >= 15 is 0 Å². The van der Waals surface area contributed by atoms with Gasteiger partial charge in [0.1, 0.15) is 48.8 Å². The second-order valence-corrected chi connectivity index (χ2v) is 11.3. The highest BCUT2D eigenvalue weighted by atomic mass is 32.2. The molecule has 2 aliphatic heterocycles. The highest BCUT2D eigenvalue weighted by Gasteiger charge is 2.54. The van der Waals surface area contributed by atoms with Gasteiger partial charge >= 0.3 is 5.97 Å². The minimum absolute atomic E-state index is 0.0588. The van der Waals surface area contributed by atoms with Crippen LogP contribution in [0, 0.1) is 0 Å². The number of imidazole rings is 1. The van der Waals surface area contributed by atoms with E-state index in [1.807, 2.05) is 11.6 Å². The number of β-lactam (4-membered cyclic amide) rings is 1. The molecule has 5 rings (SSSR count). The van der Waals surface area contributed by atoms with Gasteiger partial charge in [-0.2, -0.15) is 13.8 Å². The van der Waals surface area contributed by atoms with Crippen LogP contribution in [0.4, 0.5) is 9.52 Å². The van der Waals surface area contributed by atoms with Crippen LogP contribution in [0.1, 0.15) is 11.5 Å². The molecule has 0 bridgehead atoms. The van der Waals surface area contributed by atoms with Gasteiger partial charge in [-0.1, -0.05) is 16.5 Å². The molecule has 19 heteroatoms. The lowest BCUT2D eigenvalue weighted by atomic mass is 10.0. The number of rotatable bonds is 11. The van der Waals surface area contributed by atoms with Gasteiger partial charge in [-0.25, -0.2) is 13.8 Å². The Kier molecular flexibility index (Phi) is 7.68. The summed E-state index contributed by atoms with van der Waals surface area (Å²) in [6.07, 6.45) is 3.61. The van der Waals surface area contributed by atoms with Gasteiger partial charge in [0.15, 0.2) is 5.13 Å². The summed E-state index contributed by atoms with van der Waals surface area (Å²) < 4.78 is 19.9. The minimum atomic E-state index is -1.28. The average Bonchev–Trinajstić information content (AvgIpc) is 3.61. The van der Waals surface area contributed by atoms with Crippen LogP contribution in [0.25, 0.3) is 4.83 Å². The van der Waals surface area contributed by atoms with Crippen molar-refractivity contribution in [1.82, 2.24) is 24.0 Å². The molecule has 5 heterocycles. The maximum absolute atomic E-state index is 13.1. The number of fused-ring (bicyclic) bond motifs is 2. The molecule has 0 unspecified atom stereocenters. The van der Waals surface area contributed by atoms with E-state index in [9.17, 15) is 28.7 Å². The van der Waals surface area contributed by atoms with Crippen LogP contribution >= 0.6 is 34.6 Å². The summed E-state index contributed by atoms with van der Waals surface area (Å²) in [4.78, 5) is 60.3. The molecule has 6 N–H and O–H groups in total. The standard InChI is InChI=1S/C21H20FN9O6S3/c22-1-2-37-27-13(16-26-21(24)40-28-16)17(33)25-14-18(34)31-15(20(35)36)9(6-39-19(14)31)4-29-5-12-30(8-29)10(7-38-12)3-11(23)32/h5,7-8,14,19H,1-4,6H2,(H5-,23,24,25,26,28,32,33,35,36)/p+1/b27-13-/t14-,19-/m1/s1. The number of carboxylic acids is 1. The number of nitrogens with two attached hydrogens (primary N) is 2. The van der Waals surface area contributed by atoms with Gasteiger partial charge in [0, 0.05) is 28.2 Å². The van der Waals surface area contributed by atoms with Gasteiger partial charge in [0.05, 0.1) is 6.42 Å². The highest BCUT2D eigenvalue weighted by Crippen LogP contribution is 2.40. The number of oxime groups is 1. The number of aromatic nitrogens is 4. The van der Waals surface area contributed by atoms with Crippen molar-refractivity contribution in [1.29, 1.82) is 0 Å². The molecule has 0 radical (unpaired) electrons. The Balaban J connectivity index is 1.34. The van der Waals surface area contributed by atoms with E-state index in [2.05, 4.69) is 19.8 Å². The van der Waals surface area contributed by atoms with E-state index in [0.717, 1.165) is 21.3 Å². The Hall–Kier alpha value is -4.10. The van der Waals surface area contributed by atoms with E-state index in [1.54, 1.807) is 15.3 Å². The third kappa shape index (κ3) is 5.21. The number of hydrogen-bond acceptors (Lipinski definition) is 12. The Labute approximate surface area is 236 Å². The molecule has 1 fully saturated rings. The number of carbonyl (C=O) groups is 4. The van der Waals surface area contributed by atoms with Gasteiger partial charge < -0.3 is 26.7 Å². The number of thioether (sulfide) groups is 1. The normalized spacial score (nSPS) is 19.0. The van der Waals surface area contributed by atoms with Gasteiger partial charge in [-0.15, -0.1) is 11.8 Å². The van der Waals surface area contributed by atoms with E-state index < -0.39 is 54.1 Å². The van der Waals surface area contributed by atoms with Crippen LogP contribution in [-0.2, 0) is 37.0 Å². The lowest BCUT2D eigenvalue weighted by molar-refractivity contribution is -0.687. The molecule has 40 heavy (non-hydrogen) atoms. The quantitative estimate of drug-likeness (QED) is 0.0675. The van der Waals surface area contributed by atoms with Gasteiger partial charge in [-0.3, -0.25) is 19.3 Å². The number of carbonyl (C=O) groups excluding carboxylic acids is 3. The van der Waals surface area contributed by atoms with Crippen molar-refractivity contribution in [3.8, 4) is 0 Å². The topological polar surface area (TPSA) is 211 Å². The van der Waals surface area contributed by atoms with E-state index in [0.29, 0.717) is 11.3 Å². The second-order valence-electron chi connectivity index (χ2n) is 8.53. The van der Waals surface area contributed by atoms with Gasteiger partial charge in [-0.05, 0) is 0 Å². The molecule has 210 valence electrons. The van der Waals surface area contributed by atoms with Crippen LogP contribution in [0.2, 0.25) is 0 Å². The zero-order chi connectivity index (χ0) is 28.6. The molecule has 3 aromatic heterocycles. The predicted octanol–water partition coefficient (Wildman–Crippen LogP) is -1.12. The van der Waals surface area contributed by atoms with Crippen molar-refractivity contribution in [2.24, 2.45) is 10.9 Å². The van der Waals surface area contributed by atoms with Crippen molar-refractivity contribution in [2.45, 2.75) is 24.4 Å². The molecule has 0 aromatic carbocycles. The number of anilines is 1. The SMILES string of the molecule is NC(=O)Cc1csc2c[n+](CC3=C(C(=O)O)N4C(=O)[C@@H](NC(=O)/C(=N\OCCF)c5nsc(N)n5)[C@H]4SC3)cn12. The van der Waals surface area contributed by atoms with Gasteiger partial charge in [0.2, 0.25) is 28.6 Å². The number of halogens is 1. The van der Waals surface area contributed by atoms with Gasteiger partial charge in [0.25, 0.3) is 11.8 Å². The lowest BCUT2D eigenvalue weighted by Crippen LogP contribution is -2.71. The smallest absolute Gasteiger partial charge is 0.352 e. The van der Waals surface area contributed by atoms with Crippen LogP contribution in [0.3, 0.4) is 0 Å². The van der Waals surface area contributed by atoms with Crippen molar-refractivity contribution >= 4 is 74.0 Å². The maximum Gasteiger partial charge on any atom is 0.352 e. The van der Waals surface area contributed by atoms with E-state index in [-0.39, 0.29) is 35.4 Å². The number of nitrogens with one attached hydrogen (secondary N) is 1. The second kappa shape index (κ2) is 11.2. The van der Waals surface area contributed by atoms with Crippen LogP contribution in [-0.4, -0.2) is 83.6 Å². The first-order chi connectivity index (χ1) is 19.2. The number of aliphatic carboxylic acids is 1. The van der Waals surface area contributed by atoms with E-state index in [4.69, 9.17) is 16.3 Å². The molecule has 0 saturated carbocycles. The van der Waals surface area contributed by atoms with Crippen LogP contribution in [0.5, 0.6) is 0 Å². The molecule has 2 atom stereocenters. The molecule has 0 spiro atoms. The summed E-state index contributed by atoms with van der Waals surface area (Å²) in [5.41, 5.74) is 11.5. The Morgan fingerprint density at radius 3 is 2.85 bits per heavy atom. The van der Waals surface area contributed by atoms with Crippen molar-refractivity contribution in [2.75, 3.05) is 24.8 Å². The Bertz CT molecular complexity index is 1580. The molecule has 2 aliphatic rings. The third-order valence-corrected chi connectivity index (χ3v) is 8.68. The number of thiazole rings is 1. The largest absolute Gasteiger partial charge is 0.477 e. The zero-order valence-corrected chi connectivity index (χ0v) is 22.8. The molecule has 3 aromatic rings. The molecule has 0 aliphatic carbocycles. The molecular weight excluding hydrogens is 589 g/mol. The maximum atomic E-state index is 13.1. The Morgan fingerprint density at radius 1 is 1.38 bits per heavy atom. The fraction of sp³-hybridized carbons (Fsp3) is 0.333. The fourth-order valence-electron chi connectivity index (χ4n) is 4.22. The summed E-state index contributed by atoms with van der Waals surface area (Å²) in [6.45, 7) is -1.07. The number of carboxylic acid groups (broad SMARTS) is 1. The number of alkyl halides is 1. The van der Waals surface area contributed by atoms with Crippen molar-refractivity contribution in [3.05, 3.63) is 40.7 Å². The summed E-state index contributed by atoms with van der Waals surface area (Å²) >= 11 is 3.51. The molecular formula is C21H21FN9O6S3+.